The molecule has 1 heterocycles. The van der Waals surface area contributed by atoms with Crippen molar-refractivity contribution in [2.45, 2.75) is 19.5 Å². The van der Waals surface area contributed by atoms with Gasteiger partial charge in [0, 0.05) is 25.9 Å². The molecule has 0 aliphatic heterocycles. The van der Waals surface area contributed by atoms with E-state index in [-0.39, 0.29) is 5.84 Å². The summed E-state index contributed by atoms with van der Waals surface area (Å²) in [7, 11) is 3.71. The second kappa shape index (κ2) is 6.93. The minimum atomic E-state index is 0.0180. The van der Waals surface area contributed by atoms with Gasteiger partial charge < -0.3 is 15.7 Å². The number of likely N-dealkylation sites (N-methyl/N-ethyl adjacent to an activating group) is 1. The van der Waals surface area contributed by atoms with Gasteiger partial charge in [-0.1, -0.05) is 5.16 Å². The first-order valence-corrected chi connectivity index (χ1v) is 5.70. The normalized spacial score (nSPS) is 13.9. The number of aromatic nitrogens is 1. The van der Waals surface area contributed by atoms with Crippen molar-refractivity contribution < 1.29 is 9.94 Å². The minimum Gasteiger partial charge on any atom is -0.409 e. The molecule has 6 heteroatoms. The third kappa shape index (κ3) is 3.97. The van der Waals surface area contributed by atoms with Crippen LogP contribution in [0.5, 0.6) is 0 Å². The molecular weight excluding hydrogens is 232 g/mol. The van der Waals surface area contributed by atoms with Crippen molar-refractivity contribution in [1.29, 1.82) is 0 Å². The predicted octanol–water partition coefficient (Wildman–Crippen LogP) is 0.643. The molecule has 0 saturated carbocycles. The highest BCUT2D eigenvalue weighted by Gasteiger charge is 2.10. The van der Waals surface area contributed by atoms with Gasteiger partial charge in [-0.25, -0.2) is 0 Å². The monoisotopic (exact) mass is 252 g/mol. The summed E-state index contributed by atoms with van der Waals surface area (Å²) in [6.07, 6.45) is 1.65. The highest BCUT2D eigenvalue weighted by atomic mass is 16.5. The average molecular weight is 252 g/mol. The van der Waals surface area contributed by atoms with Crippen LogP contribution in [0.25, 0.3) is 0 Å². The lowest BCUT2D eigenvalue weighted by Gasteiger charge is -2.24. The fraction of sp³-hybridized carbons (Fsp3) is 0.500. The molecule has 1 aromatic rings. The molecule has 100 valence electrons. The van der Waals surface area contributed by atoms with E-state index in [2.05, 4.69) is 22.0 Å². The van der Waals surface area contributed by atoms with Crippen LogP contribution >= 0.6 is 0 Å². The van der Waals surface area contributed by atoms with Crippen LogP contribution in [0.2, 0.25) is 0 Å². The molecule has 1 aromatic heterocycles. The SMILES string of the molecule is COCC(C)N(C)Cc1ccnc(C(N)=NO)c1. The van der Waals surface area contributed by atoms with Crippen molar-refractivity contribution >= 4 is 5.84 Å². The average Bonchev–Trinajstić information content (AvgIpc) is 2.38. The van der Waals surface area contributed by atoms with Gasteiger partial charge in [0.05, 0.1) is 6.61 Å². The highest BCUT2D eigenvalue weighted by molar-refractivity contribution is 5.95. The molecule has 1 atom stereocenters. The van der Waals surface area contributed by atoms with Gasteiger partial charge in [-0.15, -0.1) is 0 Å². The summed E-state index contributed by atoms with van der Waals surface area (Å²) in [6.45, 7) is 3.52. The summed E-state index contributed by atoms with van der Waals surface area (Å²) in [6, 6.07) is 4.03. The van der Waals surface area contributed by atoms with Crippen molar-refractivity contribution in [2.75, 3.05) is 20.8 Å². The molecule has 0 fully saturated rings. The Balaban J connectivity index is 2.73. The van der Waals surface area contributed by atoms with Crippen molar-refractivity contribution in [1.82, 2.24) is 9.88 Å². The number of nitrogens with zero attached hydrogens (tertiary/aromatic N) is 3. The Morgan fingerprint density at radius 1 is 1.67 bits per heavy atom. The molecular formula is C12H20N4O2. The van der Waals surface area contributed by atoms with E-state index in [0.29, 0.717) is 18.3 Å². The molecule has 0 aliphatic rings. The number of amidine groups is 1. The Kier molecular flexibility index (Phi) is 5.54. The van der Waals surface area contributed by atoms with Crippen LogP contribution in [0.1, 0.15) is 18.2 Å². The first-order chi connectivity index (χ1) is 8.58. The van der Waals surface area contributed by atoms with E-state index < -0.39 is 0 Å². The second-order valence-electron chi connectivity index (χ2n) is 4.25. The van der Waals surface area contributed by atoms with E-state index in [1.807, 2.05) is 19.2 Å². The third-order valence-electron chi connectivity index (χ3n) is 2.79. The summed E-state index contributed by atoms with van der Waals surface area (Å²) in [5, 5.41) is 11.6. The lowest BCUT2D eigenvalue weighted by atomic mass is 10.2. The van der Waals surface area contributed by atoms with E-state index in [1.165, 1.54) is 0 Å². The van der Waals surface area contributed by atoms with Gasteiger partial charge in [0.15, 0.2) is 5.84 Å². The Labute approximate surface area is 107 Å². The number of ether oxygens (including phenoxy) is 1. The summed E-state index contributed by atoms with van der Waals surface area (Å²) in [5.41, 5.74) is 7.03. The Hall–Kier alpha value is -1.66. The number of nitrogens with two attached hydrogens (primary N) is 1. The standard InChI is InChI=1S/C12H20N4O2/c1-9(8-18-3)16(2)7-10-4-5-14-11(6-10)12(13)15-17/h4-6,9,17H,7-8H2,1-3H3,(H2,13,15). The largest absolute Gasteiger partial charge is 0.409 e. The van der Waals surface area contributed by atoms with Crippen LogP contribution in [0.3, 0.4) is 0 Å². The van der Waals surface area contributed by atoms with Crippen molar-refractivity contribution in [2.24, 2.45) is 10.9 Å². The molecule has 1 unspecified atom stereocenters. The van der Waals surface area contributed by atoms with E-state index in [1.54, 1.807) is 13.3 Å². The van der Waals surface area contributed by atoms with E-state index in [4.69, 9.17) is 15.7 Å². The molecule has 1 rings (SSSR count). The number of hydrogen-bond acceptors (Lipinski definition) is 5. The molecule has 0 aliphatic carbocycles. The first-order valence-electron chi connectivity index (χ1n) is 5.70. The van der Waals surface area contributed by atoms with Crippen LogP contribution in [0.4, 0.5) is 0 Å². The Morgan fingerprint density at radius 2 is 2.39 bits per heavy atom. The van der Waals surface area contributed by atoms with Gasteiger partial charge in [0.2, 0.25) is 0 Å². The zero-order chi connectivity index (χ0) is 13.5. The van der Waals surface area contributed by atoms with Gasteiger partial charge in [-0.05, 0) is 31.7 Å². The van der Waals surface area contributed by atoms with Gasteiger partial charge in [-0.3, -0.25) is 9.88 Å². The minimum absolute atomic E-state index is 0.0180. The molecule has 0 bridgehead atoms. The Morgan fingerprint density at radius 3 is 3.00 bits per heavy atom. The zero-order valence-corrected chi connectivity index (χ0v) is 11.0. The second-order valence-corrected chi connectivity index (χ2v) is 4.25. The molecule has 0 amide bonds. The van der Waals surface area contributed by atoms with E-state index in [0.717, 1.165) is 12.1 Å². The van der Waals surface area contributed by atoms with Gasteiger partial charge >= 0.3 is 0 Å². The van der Waals surface area contributed by atoms with Crippen LogP contribution in [-0.4, -0.2) is 47.7 Å². The predicted molar refractivity (Wildman–Crippen MR) is 69.6 cm³/mol. The number of oxime groups is 1. The zero-order valence-electron chi connectivity index (χ0n) is 11.0. The maximum Gasteiger partial charge on any atom is 0.188 e. The Bertz CT molecular complexity index is 409. The number of pyridine rings is 1. The van der Waals surface area contributed by atoms with Crippen molar-refractivity contribution in [3.8, 4) is 0 Å². The van der Waals surface area contributed by atoms with Crippen LogP contribution in [0.15, 0.2) is 23.5 Å². The summed E-state index contributed by atoms with van der Waals surface area (Å²) >= 11 is 0. The first kappa shape index (κ1) is 14.4. The van der Waals surface area contributed by atoms with Gasteiger partial charge in [0.1, 0.15) is 5.69 Å². The molecule has 0 aromatic carbocycles. The fourth-order valence-electron chi connectivity index (χ4n) is 1.58. The smallest absolute Gasteiger partial charge is 0.188 e. The lowest BCUT2D eigenvalue weighted by Crippen LogP contribution is -2.32. The molecule has 0 saturated heterocycles. The molecule has 3 N–H and O–H groups in total. The topological polar surface area (TPSA) is 84.0 Å². The van der Waals surface area contributed by atoms with Gasteiger partial charge in [-0.2, -0.15) is 0 Å². The van der Waals surface area contributed by atoms with Gasteiger partial charge in [0.25, 0.3) is 0 Å². The fourth-order valence-corrected chi connectivity index (χ4v) is 1.58. The van der Waals surface area contributed by atoms with Crippen LogP contribution in [0, 0.1) is 0 Å². The van der Waals surface area contributed by atoms with Crippen molar-refractivity contribution in [3.63, 3.8) is 0 Å². The number of methoxy groups -OCH3 is 1. The van der Waals surface area contributed by atoms with E-state index in [9.17, 15) is 0 Å². The maximum absolute atomic E-state index is 8.62. The molecule has 18 heavy (non-hydrogen) atoms. The van der Waals surface area contributed by atoms with Crippen LogP contribution in [-0.2, 0) is 11.3 Å². The molecule has 6 nitrogen and oxygen atoms in total. The summed E-state index contributed by atoms with van der Waals surface area (Å²) < 4.78 is 5.12. The lowest BCUT2D eigenvalue weighted by molar-refractivity contribution is 0.112. The summed E-state index contributed by atoms with van der Waals surface area (Å²) in [4.78, 5) is 6.20. The molecule has 0 radical (unpaired) electrons. The number of rotatable bonds is 6. The van der Waals surface area contributed by atoms with E-state index >= 15 is 0 Å². The quantitative estimate of drug-likeness (QED) is 0.336. The van der Waals surface area contributed by atoms with Crippen LogP contribution < -0.4 is 5.73 Å². The maximum atomic E-state index is 8.62. The third-order valence-corrected chi connectivity index (χ3v) is 2.79. The molecule has 0 spiro atoms. The summed E-state index contributed by atoms with van der Waals surface area (Å²) in [5.74, 6) is 0.0180. The number of hydrogen-bond donors (Lipinski definition) is 2. The van der Waals surface area contributed by atoms with Crippen molar-refractivity contribution in [3.05, 3.63) is 29.6 Å². The highest BCUT2D eigenvalue weighted by Crippen LogP contribution is 2.07.